The number of aryl methyl sites for hydroxylation is 1. The number of carbonyl (C=O) groups excluding carboxylic acids is 1. The fourth-order valence-corrected chi connectivity index (χ4v) is 3.01. The number of carbonyl (C=O) groups is 1. The number of unbranched alkanes of at least 4 members (excludes halogenated alkanes) is 4. The first-order chi connectivity index (χ1) is 19.1. The smallest absolute Gasteiger partial charge is 0.262 e. The molecule has 0 fully saturated rings. The average molecular weight is 560 g/mol. The van der Waals surface area contributed by atoms with E-state index in [-0.39, 0.29) is 11.5 Å². The van der Waals surface area contributed by atoms with Crippen molar-refractivity contribution in [3.63, 3.8) is 0 Å². The van der Waals surface area contributed by atoms with Gasteiger partial charge in [-0.3, -0.25) is 14.2 Å². The summed E-state index contributed by atoms with van der Waals surface area (Å²) in [5.74, 6) is 0.205. The molecule has 2 rings (SSSR count). The van der Waals surface area contributed by atoms with E-state index in [0.29, 0.717) is 35.0 Å². The van der Waals surface area contributed by atoms with Gasteiger partial charge in [0, 0.05) is 24.9 Å². The quantitative estimate of drug-likeness (QED) is 0.0982. The van der Waals surface area contributed by atoms with Gasteiger partial charge in [0.1, 0.15) is 0 Å². The highest BCUT2D eigenvalue weighted by atomic mass is 16.1. The topological polar surface area (TPSA) is 128 Å². The number of anilines is 1. The van der Waals surface area contributed by atoms with Gasteiger partial charge in [-0.1, -0.05) is 105 Å². The summed E-state index contributed by atoms with van der Waals surface area (Å²) in [5, 5.41) is 7.76. The second kappa shape index (κ2) is 28.9. The van der Waals surface area contributed by atoms with Crippen molar-refractivity contribution in [3.05, 3.63) is 56.9 Å². The molecule has 0 spiro atoms. The van der Waals surface area contributed by atoms with Crippen LogP contribution in [0.2, 0.25) is 0 Å². The van der Waals surface area contributed by atoms with Crippen LogP contribution in [-0.4, -0.2) is 21.5 Å². The average Bonchev–Trinajstić information content (AvgIpc) is 2.98. The molecule has 0 bridgehead atoms. The van der Waals surface area contributed by atoms with E-state index in [0.717, 1.165) is 16.7 Å². The van der Waals surface area contributed by atoms with E-state index in [4.69, 9.17) is 16.9 Å². The molecule has 5 N–H and O–H groups in total. The summed E-state index contributed by atoms with van der Waals surface area (Å²) in [6.07, 6.45) is 11.3. The van der Waals surface area contributed by atoms with Gasteiger partial charge in [0.25, 0.3) is 5.56 Å². The number of nitrogen functional groups attached to an aromatic ring is 1. The van der Waals surface area contributed by atoms with Crippen LogP contribution in [0.5, 0.6) is 0 Å². The van der Waals surface area contributed by atoms with Crippen LogP contribution in [0.15, 0.2) is 40.2 Å². The summed E-state index contributed by atoms with van der Waals surface area (Å²) < 4.78 is 1.34. The summed E-state index contributed by atoms with van der Waals surface area (Å²) in [6.45, 7) is 24.2. The zero-order valence-corrected chi connectivity index (χ0v) is 28.0. The first-order valence-corrected chi connectivity index (χ1v) is 14.9. The summed E-state index contributed by atoms with van der Waals surface area (Å²) in [4.78, 5) is 26.5. The molecule has 1 aromatic heterocycles. The SMILES string of the molecule is C/C=C(C)\C=C(\C=O)C(C)=N.CC.CC.CC.CCCCCCC.Cc1cc(CN)c2nc(N)n(C)c(=O)c2c1. The number of benzene rings is 1. The second-order valence-electron chi connectivity index (χ2n) is 8.29. The standard InChI is InChI=1S/C11H14N4O.C9H13NO.C7H16.3C2H6/c1-6-3-7(5-12)9-8(4-6)10(16)15(2)11(13)14-9;1-4-7(2)5-9(6-11)8(3)10;1-3-5-7-6-4-2;3*1-2/h3-4H,5,12H2,1-2H3,(H2,13,14);4-6,10H,1-3H3;3-7H2,1-2H3;3*1-2H3/b;7-4-,9-5-,10-8?;;;;. The van der Waals surface area contributed by atoms with Gasteiger partial charge in [0.05, 0.1) is 10.9 Å². The molecule has 1 heterocycles. The maximum absolute atomic E-state index is 12.0. The molecule has 40 heavy (non-hydrogen) atoms. The first-order valence-electron chi connectivity index (χ1n) is 14.9. The molecule has 0 amide bonds. The first kappa shape index (κ1) is 44.0. The van der Waals surface area contributed by atoms with Crippen LogP contribution in [0.1, 0.15) is 119 Å². The third-order valence-corrected chi connectivity index (χ3v) is 5.26. The van der Waals surface area contributed by atoms with Crippen molar-refractivity contribution in [1.82, 2.24) is 9.55 Å². The van der Waals surface area contributed by atoms with E-state index < -0.39 is 0 Å². The Kier molecular flexibility index (Phi) is 31.8. The van der Waals surface area contributed by atoms with Crippen molar-refractivity contribution in [2.75, 3.05) is 5.73 Å². The van der Waals surface area contributed by atoms with Crippen LogP contribution in [0, 0.1) is 12.3 Å². The van der Waals surface area contributed by atoms with Crippen LogP contribution < -0.4 is 17.0 Å². The number of allylic oxidation sites excluding steroid dienone is 4. The molecule has 0 unspecified atom stereocenters. The maximum Gasteiger partial charge on any atom is 0.262 e. The van der Waals surface area contributed by atoms with E-state index in [1.54, 1.807) is 20.0 Å². The van der Waals surface area contributed by atoms with Crippen LogP contribution in [-0.2, 0) is 18.4 Å². The highest BCUT2D eigenvalue weighted by Crippen LogP contribution is 2.17. The molecule has 7 heteroatoms. The van der Waals surface area contributed by atoms with Crippen molar-refractivity contribution in [3.8, 4) is 0 Å². The summed E-state index contributed by atoms with van der Waals surface area (Å²) in [5.41, 5.74) is 15.4. The lowest BCUT2D eigenvalue weighted by Crippen LogP contribution is -2.22. The monoisotopic (exact) mass is 559 g/mol. The number of nitrogens with two attached hydrogens (primary N) is 2. The minimum Gasteiger partial charge on any atom is -0.369 e. The van der Waals surface area contributed by atoms with Crippen molar-refractivity contribution < 1.29 is 4.79 Å². The second-order valence-corrected chi connectivity index (χ2v) is 8.29. The van der Waals surface area contributed by atoms with Crippen LogP contribution in [0.25, 0.3) is 10.9 Å². The third kappa shape index (κ3) is 18.3. The lowest BCUT2D eigenvalue weighted by atomic mass is 10.1. The zero-order valence-electron chi connectivity index (χ0n) is 28.0. The van der Waals surface area contributed by atoms with E-state index in [1.807, 2.05) is 80.5 Å². The molecule has 7 nitrogen and oxygen atoms in total. The molecule has 0 atom stereocenters. The molecule has 0 aliphatic rings. The predicted molar refractivity (Wildman–Crippen MR) is 179 cm³/mol. The Labute approximate surface area is 245 Å². The van der Waals surface area contributed by atoms with E-state index >= 15 is 0 Å². The number of hydrogen-bond acceptors (Lipinski definition) is 6. The number of aromatic nitrogens is 2. The fourth-order valence-electron chi connectivity index (χ4n) is 3.01. The zero-order chi connectivity index (χ0) is 32.3. The molecule has 230 valence electrons. The van der Waals surface area contributed by atoms with Crippen molar-refractivity contribution in [2.24, 2.45) is 12.8 Å². The molecule has 1 aromatic carbocycles. The van der Waals surface area contributed by atoms with Crippen LogP contribution in [0.4, 0.5) is 5.95 Å². The highest BCUT2D eigenvalue weighted by molar-refractivity contribution is 6.12. The number of rotatable bonds is 8. The molecule has 0 saturated carbocycles. The van der Waals surface area contributed by atoms with Crippen molar-refractivity contribution >= 4 is 28.8 Å². The van der Waals surface area contributed by atoms with E-state index in [1.165, 1.54) is 36.7 Å². The lowest BCUT2D eigenvalue weighted by Gasteiger charge is -2.08. The molecule has 0 saturated heterocycles. The van der Waals surface area contributed by atoms with Crippen molar-refractivity contribution in [2.45, 2.75) is 122 Å². The molecule has 0 radical (unpaired) electrons. The van der Waals surface area contributed by atoms with Gasteiger partial charge in [0.2, 0.25) is 5.95 Å². The van der Waals surface area contributed by atoms with Gasteiger partial charge in [0.15, 0.2) is 6.29 Å². The Morgan fingerprint density at radius 1 is 1.00 bits per heavy atom. The number of fused-ring (bicyclic) bond motifs is 1. The van der Waals surface area contributed by atoms with Gasteiger partial charge in [-0.2, -0.15) is 0 Å². The van der Waals surface area contributed by atoms with E-state index in [9.17, 15) is 9.59 Å². The number of hydrogen-bond donors (Lipinski definition) is 3. The maximum atomic E-state index is 12.0. The molecule has 2 aromatic rings. The highest BCUT2D eigenvalue weighted by Gasteiger charge is 2.09. The van der Waals surface area contributed by atoms with Gasteiger partial charge in [-0.25, -0.2) is 4.98 Å². The Balaban J connectivity index is -0.000000237. The Morgan fingerprint density at radius 2 is 1.50 bits per heavy atom. The third-order valence-electron chi connectivity index (χ3n) is 5.26. The fraction of sp³-hybridized carbons (Fsp3) is 0.576. The summed E-state index contributed by atoms with van der Waals surface area (Å²) >= 11 is 0. The number of nitrogens with one attached hydrogen (secondary N) is 1. The lowest BCUT2D eigenvalue weighted by molar-refractivity contribution is -0.104. The minimum absolute atomic E-state index is 0.138. The molecular formula is C33H61N5O2. The summed E-state index contributed by atoms with van der Waals surface area (Å²) in [7, 11) is 1.61. The largest absolute Gasteiger partial charge is 0.369 e. The Hall–Kier alpha value is -3.06. The van der Waals surface area contributed by atoms with Crippen molar-refractivity contribution in [1.29, 1.82) is 5.41 Å². The molecular weight excluding hydrogens is 498 g/mol. The Bertz CT molecular complexity index is 1060. The van der Waals surface area contributed by atoms with Gasteiger partial charge in [-0.15, -0.1) is 0 Å². The van der Waals surface area contributed by atoms with Crippen LogP contribution >= 0.6 is 0 Å². The van der Waals surface area contributed by atoms with Gasteiger partial charge < -0.3 is 16.9 Å². The molecule has 0 aliphatic carbocycles. The Morgan fingerprint density at radius 3 is 1.88 bits per heavy atom. The summed E-state index contributed by atoms with van der Waals surface area (Å²) in [6, 6.07) is 3.73. The van der Waals surface area contributed by atoms with Gasteiger partial charge in [-0.05, 0) is 51.0 Å². The predicted octanol–water partition coefficient (Wildman–Crippen LogP) is 8.46. The molecule has 0 aliphatic heterocycles. The van der Waals surface area contributed by atoms with Crippen LogP contribution in [0.3, 0.4) is 0 Å². The number of nitrogens with zero attached hydrogens (tertiary/aromatic N) is 2. The van der Waals surface area contributed by atoms with E-state index in [2.05, 4.69) is 18.8 Å². The van der Waals surface area contributed by atoms with Gasteiger partial charge >= 0.3 is 0 Å². The normalized spacial score (nSPS) is 10.1. The minimum atomic E-state index is -0.138. The number of aldehydes is 1.